The first-order chi connectivity index (χ1) is 13.0. The highest BCUT2D eigenvalue weighted by molar-refractivity contribution is 6.99. The third kappa shape index (κ3) is 5.06. The maximum Gasteiger partial charge on any atom is 0.416 e. The molecule has 1 fully saturated rings. The van der Waals surface area contributed by atoms with Gasteiger partial charge in [-0.05, 0) is 30.2 Å². The van der Waals surface area contributed by atoms with Gasteiger partial charge in [0.15, 0.2) is 11.0 Å². The fourth-order valence-corrected chi connectivity index (χ4v) is 3.77. The van der Waals surface area contributed by atoms with E-state index < -0.39 is 23.5 Å². The number of hydrogen-bond donors (Lipinski definition) is 0. The predicted molar refractivity (Wildman–Crippen MR) is 93.7 cm³/mol. The Morgan fingerprint density at radius 2 is 1.46 bits per heavy atom. The highest BCUT2D eigenvalue weighted by Crippen LogP contribution is 2.36. The second-order valence-electron chi connectivity index (χ2n) is 6.37. The van der Waals surface area contributed by atoms with Gasteiger partial charge in [-0.2, -0.15) is 35.1 Å². The van der Waals surface area contributed by atoms with Gasteiger partial charge in [-0.15, -0.1) is 0 Å². The summed E-state index contributed by atoms with van der Waals surface area (Å²) >= 11 is 6.96. The molecule has 3 rings (SSSR count). The van der Waals surface area contributed by atoms with Gasteiger partial charge in [-0.25, -0.2) is 0 Å². The number of aromatic nitrogens is 2. The normalized spacial score (nSPS) is 16.6. The Balaban J connectivity index is 1.64. The van der Waals surface area contributed by atoms with Crippen LogP contribution >= 0.6 is 23.3 Å². The second kappa shape index (κ2) is 8.03. The van der Waals surface area contributed by atoms with Crippen molar-refractivity contribution in [3.63, 3.8) is 0 Å². The molecule has 1 aromatic heterocycles. The van der Waals surface area contributed by atoms with E-state index in [2.05, 4.69) is 8.75 Å². The summed E-state index contributed by atoms with van der Waals surface area (Å²) in [5.74, 6) is 0.596. The van der Waals surface area contributed by atoms with E-state index in [1.807, 2.05) is 9.80 Å². The van der Waals surface area contributed by atoms with E-state index in [9.17, 15) is 26.3 Å². The Morgan fingerprint density at radius 3 is 1.93 bits per heavy atom. The molecule has 0 saturated carbocycles. The van der Waals surface area contributed by atoms with Gasteiger partial charge < -0.3 is 4.90 Å². The average Bonchev–Trinajstić information content (AvgIpc) is 3.05. The first kappa shape index (κ1) is 21.1. The summed E-state index contributed by atoms with van der Waals surface area (Å²) in [6.45, 7) is 2.75. The van der Waals surface area contributed by atoms with Crippen LogP contribution in [0.3, 0.4) is 0 Å². The van der Waals surface area contributed by atoms with Crippen LogP contribution in [-0.4, -0.2) is 46.4 Å². The van der Waals surface area contributed by atoms with Crippen molar-refractivity contribution < 1.29 is 26.3 Å². The zero-order valence-corrected chi connectivity index (χ0v) is 15.9. The van der Waals surface area contributed by atoms with Crippen molar-refractivity contribution in [1.29, 1.82) is 0 Å². The topological polar surface area (TPSA) is 32.3 Å². The number of rotatable bonds is 4. The first-order valence-corrected chi connectivity index (χ1v) is 9.38. The van der Waals surface area contributed by atoms with E-state index in [0.29, 0.717) is 43.7 Å². The maximum atomic E-state index is 12.9. The lowest BCUT2D eigenvalue weighted by Gasteiger charge is -2.34. The summed E-state index contributed by atoms with van der Waals surface area (Å²) in [4.78, 5) is 3.94. The van der Waals surface area contributed by atoms with Crippen LogP contribution in [0.5, 0.6) is 0 Å². The van der Waals surface area contributed by atoms with Gasteiger partial charge in [0, 0.05) is 32.7 Å². The van der Waals surface area contributed by atoms with Crippen molar-refractivity contribution in [2.75, 3.05) is 37.6 Å². The number of benzene rings is 1. The lowest BCUT2D eigenvalue weighted by molar-refractivity contribution is -0.143. The number of alkyl halides is 6. The molecule has 0 aliphatic carbocycles. The minimum Gasteiger partial charge on any atom is -0.351 e. The lowest BCUT2D eigenvalue weighted by Crippen LogP contribution is -2.47. The van der Waals surface area contributed by atoms with Crippen LogP contribution < -0.4 is 4.90 Å². The quantitative estimate of drug-likeness (QED) is 0.645. The molecule has 0 amide bonds. The zero-order valence-electron chi connectivity index (χ0n) is 14.3. The molecular formula is C16H15ClF6N4S. The molecular weight excluding hydrogens is 430 g/mol. The summed E-state index contributed by atoms with van der Waals surface area (Å²) in [5, 5.41) is 0.321. The Labute approximate surface area is 166 Å². The molecule has 1 aliphatic rings. The Hall–Kier alpha value is -1.59. The molecule has 28 heavy (non-hydrogen) atoms. The highest BCUT2D eigenvalue weighted by Gasteiger charge is 2.36. The molecule has 1 aromatic carbocycles. The number of halogens is 7. The molecule has 0 radical (unpaired) electrons. The van der Waals surface area contributed by atoms with E-state index in [0.717, 1.165) is 23.9 Å². The van der Waals surface area contributed by atoms with Crippen LogP contribution in [0.25, 0.3) is 0 Å². The summed E-state index contributed by atoms with van der Waals surface area (Å²) in [7, 11) is 0. The predicted octanol–water partition coefficient (Wildman–Crippen LogP) is 4.59. The number of anilines is 1. The smallest absolute Gasteiger partial charge is 0.351 e. The Morgan fingerprint density at radius 1 is 0.893 bits per heavy atom. The molecule has 0 unspecified atom stereocenters. The lowest BCUT2D eigenvalue weighted by atomic mass is 10.0. The fourth-order valence-electron chi connectivity index (χ4n) is 3.00. The summed E-state index contributed by atoms with van der Waals surface area (Å²) in [6, 6.07) is 1.71. The molecule has 0 atom stereocenters. The van der Waals surface area contributed by atoms with Crippen molar-refractivity contribution in [3.8, 4) is 0 Å². The monoisotopic (exact) mass is 444 g/mol. The number of piperazine rings is 1. The van der Waals surface area contributed by atoms with Gasteiger partial charge in [-0.1, -0.05) is 11.6 Å². The van der Waals surface area contributed by atoms with E-state index >= 15 is 0 Å². The van der Waals surface area contributed by atoms with E-state index in [1.54, 1.807) is 0 Å². The fraction of sp³-hybridized carbons (Fsp3) is 0.500. The second-order valence-corrected chi connectivity index (χ2v) is 7.26. The highest BCUT2D eigenvalue weighted by atomic mass is 35.5. The standard InChI is InChI=1S/C16H15ClF6N4S/c17-13-14(25-28-24-13)27-5-3-26(4-6-27)2-1-10-7-11(15(18,19)20)9-12(8-10)16(21,22)23/h7-9H,1-6H2. The maximum absolute atomic E-state index is 12.9. The van der Waals surface area contributed by atoms with Crippen LogP contribution in [0.4, 0.5) is 32.2 Å². The van der Waals surface area contributed by atoms with Crippen molar-refractivity contribution in [3.05, 3.63) is 40.0 Å². The Bertz CT molecular complexity index is 782. The molecule has 2 heterocycles. The molecule has 0 spiro atoms. The van der Waals surface area contributed by atoms with Gasteiger partial charge in [-0.3, -0.25) is 4.90 Å². The van der Waals surface area contributed by atoms with Crippen molar-refractivity contribution in [1.82, 2.24) is 13.6 Å². The molecule has 12 heteroatoms. The van der Waals surface area contributed by atoms with Crippen LogP contribution in [0.15, 0.2) is 18.2 Å². The third-order valence-electron chi connectivity index (χ3n) is 4.47. The van der Waals surface area contributed by atoms with Gasteiger partial charge >= 0.3 is 12.4 Å². The largest absolute Gasteiger partial charge is 0.416 e. The average molecular weight is 445 g/mol. The Kier molecular flexibility index (Phi) is 6.06. The van der Waals surface area contributed by atoms with E-state index in [-0.39, 0.29) is 18.1 Å². The van der Waals surface area contributed by atoms with Crippen LogP contribution in [0.2, 0.25) is 5.15 Å². The van der Waals surface area contributed by atoms with Crippen LogP contribution in [0.1, 0.15) is 16.7 Å². The van der Waals surface area contributed by atoms with Gasteiger partial charge in [0.1, 0.15) is 0 Å². The SMILES string of the molecule is FC(F)(F)c1cc(CCN2CCN(c3nsnc3Cl)CC2)cc(C(F)(F)F)c1. The van der Waals surface area contributed by atoms with Crippen molar-refractivity contribution in [2.24, 2.45) is 0 Å². The van der Waals surface area contributed by atoms with E-state index in [4.69, 9.17) is 11.6 Å². The van der Waals surface area contributed by atoms with E-state index in [1.165, 1.54) is 0 Å². The number of hydrogen-bond acceptors (Lipinski definition) is 5. The summed E-state index contributed by atoms with van der Waals surface area (Å²) < 4.78 is 85.6. The molecule has 0 N–H and O–H groups in total. The molecule has 1 saturated heterocycles. The number of nitrogens with zero attached hydrogens (tertiary/aromatic N) is 4. The minimum absolute atomic E-state index is 0.0105. The van der Waals surface area contributed by atoms with Crippen molar-refractivity contribution in [2.45, 2.75) is 18.8 Å². The van der Waals surface area contributed by atoms with Gasteiger partial charge in [0.2, 0.25) is 0 Å². The summed E-state index contributed by atoms with van der Waals surface area (Å²) in [6.07, 6.45) is -9.57. The molecule has 0 bridgehead atoms. The zero-order chi connectivity index (χ0) is 20.5. The minimum atomic E-state index is -4.83. The molecule has 4 nitrogen and oxygen atoms in total. The molecule has 2 aromatic rings. The van der Waals surface area contributed by atoms with Crippen molar-refractivity contribution >= 4 is 29.1 Å². The summed E-state index contributed by atoms with van der Waals surface area (Å²) in [5.41, 5.74) is -2.56. The first-order valence-electron chi connectivity index (χ1n) is 8.28. The molecule has 1 aliphatic heterocycles. The van der Waals surface area contributed by atoms with Crippen LogP contribution in [0, 0.1) is 0 Å². The van der Waals surface area contributed by atoms with Crippen LogP contribution in [-0.2, 0) is 18.8 Å². The molecule has 154 valence electrons. The van der Waals surface area contributed by atoms with Gasteiger partial charge in [0.25, 0.3) is 0 Å². The third-order valence-corrected chi connectivity index (χ3v) is 5.34. The van der Waals surface area contributed by atoms with Gasteiger partial charge in [0.05, 0.1) is 22.9 Å².